The third kappa shape index (κ3) is 1.81. The van der Waals surface area contributed by atoms with Gasteiger partial charge in [-0.2, -0.15) is 5.10 Å². The molecule has 0 fully saturated rings. The third-order valence-electron chi connectivity index (χ3n) is 3.24. The molecule has 0 saturated heterocycles. The van der Waals surface area contributed by atoms with Crippen molar-refractivity contribution in [1.29, 1.82) is 0 Å². The Morgan fingerprint density at radius 2 is 2.11 bits per heavy atom. The van der Waals surface area contributed by atoms with Crippen LogP contribution >= 0.6 is 0 Å². The highest BCUT2D eigenvalue weighted by atomic mass is 16.4. The Labute approximate surface area is 106 Å². The quantitative estimate of drug-likeness (QED) is 0.899. The van der Waals surface area contributed by atoms with Crippen molar-refractivity contribution in [3.05, 3.63) is 29.6 Å². The van der Waals surface area contributed by atoms with E-state index in [1.54, 1.807) is 16.9 Å². The SMILES string of the molecule is CCN(CC)c1ccnn2cc(C(=O)O)c(C)c12. The third-order valence-corrected chi connectivity index (χ3v) is 3.24. The van der Waals surface area contributed by atoms with E-state index in [1.807, 2.05) is 13.0 Å². The average Bonchev–Trinajstić information content (AvgIpc) is 2.69. The van der Waals surface area contributed by atoms with Crippen LogP contribution in [0.5, 0.6) is 0 Å². The highest BCUT2D eigenvalue weighted by molar-refractivity contribution is 5.94. The molecule has 0 bridgehead atoms. The number of carboxylic acids is 1. The lowest BCUT2D eigenvalue weighted by atomic mass is 10.1. The van der Waals surface area contributed by atoms with Crippen molar-refractivity contribution in [3.8, 4) is 0 Å². The first kappa shape index (κ1) is 12.4. The van der Waals surface area contributed by atoms with E-state index >= 15 is 0 Å². The molecule has 0 amide bonds. The van der Waals surface area contributed by atoms with Gasteiger partial charge < -0.3 is 10.0 Å². The zero-order chi connectivity index (χ0) is 13.3. The molecule has 2 aromatic rings. The summed E-state index contributed by atoms with van der Waals surface area (Å²) in [4.78, 5) is 13.3. The summed E-state index contributed by atoms with van der Waals surface area (Å²) in [7, 11) is 0. The van der Waals surface area contributed by atoms with E-state index in [4.69, 9.17) is 5.11 Å². The van der Waals surface area contributed by atoms with Crippen LogP contribution in [0, 0.1) is 6.92 Å². The molecular formula is C13H17N3O2. The Bertz CT molecular complexity index is 585. The number of anilines is 1. The Kier molecular flexibility index (Phi) is 3.23. The van der Waals surface area contributed by atoms with Gasteiger partial charge in [0.25, 0.3) is 0 Å². The maximum absolute atomic E-state index is 11.2. The maximum Gasteiger partial charge on any atom is 0.337 e. The molecule has 5 heteroatoms. The highest BCUT2D eigenvalue weighted by Gasteiger charge is 2.17. The molecule has 1 N–H and O–H groups in total. The fourth-order valence-electron chi connectivity index (χ4n) is 2.27. The second-order valence-electron chi connectivity index (χ2n) is 4.15. The van der Waals surface area contributed by atoms with Crippen LogP contribution in [0.4, 0.5) is 5.69 Å². The topological polar surface area (TPSA) is 57.8 Å². The lowest BCUT2D eigenvalue weighted by Gasteiger charge is -2.22. The van der Waals surface area contributed by atoms with E-state index in [2.05, 4.69) is 23.8 Å². The summed E-state index contributed by atoms with van der Waals surface area (Å²) in [6, 6.07) is 1.93. The van der Waals surface area contributed by atoms with E-state index in [-0.39, 0.29) is 0 Å². The molecule has 2 heterocycles. The van der Waals surface area contributed by atoms with Crippen molar-refractivity contribution in [2.75, 3.05) is 18.0 Å². The molecular weight excluding hydrogens is 230 g/mol. The molecule has 0 saturated carbocycles. The van der Waals surface area contributed by atoms with Gasteiger partial charge >= 0.3 is 5.97 Å². The zero-order valence-electron chi connectivity index (χ0n) is 10.8. The van der Waals surface area contributed by atoms with Crippen LogP contribution in [0.15, 0.2) is 18.5 Å². The first-order chi connectivity index (χ1) is 8.60. The Hall–Kier alpha value is -2.04. The molecule has 0 spiro atoms. The molecule has 2 rings (SSSR count). The second kappa shape index (κ2) is 4.68. The summed E-state index contributed by atoms with van der Waals surface area (Å²) in [5.74, 6) is -0.913. The van der Waals surface area contributed by atoms with Gasteiger partial charge in [0.15, 0.2) is 0 Å². The minimum atomic E-state index is -0.913. The summed E-state index contributed by atoms with van der Waals surface area (Å²) in [6.45, 7) is 7.74. The number of nitrogens with zero attached hydrogens (tertiary/aromatic N) is 3. The van der Waals surface area contributed by atoms with E-state index in [0.717, 1.165) is 29.9 Å². The first-order valence-electron chi connectivity index (χ1n) is 6.05. The van der Waals surface area contributed by atoms with Gasteiger partial charge in [-0.05, 0) is 32.4 Å². The van der Waals surface area contributed by atoms with Crippen molar-refractivity contribution in [2.24, 2.45) is 0 Å². The number of carbonyl (C=O) groups is 1. The Morgan fingerprint density at radius 1 is 1.44 bits per heavy atom. The van der Waals surface area contributed by atoms with Crippen LogP contribution in [0.1, 0.15) is 29.8 Å². The van der Waals surface area contributed by atoms with E-state index in [9.17, 15) is 4.79 Å². The number of hydrogen-bond donors (Lipinski definition) is 1. The Balaban J connectivity index is 2.72. The van der Waals surface area contributed by atoms with Crippen LogP contribution in [0.2, 0.25) is 0 Å². The van der Waals surface area contributed by atoms with Crippen LogP contribution < -0.4 is 4.90 Å². The minimum Gasteiger partial charge on any atom is -0.478 e. The van der Waals surface area contributed by atoms with E-state index < -0.39 is 5.97 Å². The lowest BCUT2D eigenvalue weighted by molar-refractivity contribution is 0.0696. The van der Waals surface area contributed by atoms with Crippen LogP contribution in [-0.4, -0.2) is 33.8 Å². The molecule has 5 nitrogen and oxygen atoms in total. The molecule has 0 aromatic carbocycles. The van der Waals surface area contributed by atoms with Crippen molar-refractivity contribution < 1.29 is 9.90 Å². The smallest absolute Gasteiger partial charge is 0.337 e. The summed E-state index contributed by atoms with van der Waals surface area (Å²) in [5.41, 5.74) is 2.97. The van der Waals surface area contributed by atoms with Gasteiger partial charge in [-0.3, -0.25) is 0 Å². The fraction of sp³-hybridized carbons (Fsp3) is 0.385. The number of carboxylic acid groups (broad SMARTS) is 1. The van der Waals surface area contributed by atoms with Crippen LogP contribution in [-0.2, 0) is 0 Å². The Morgan fingerprint density at radius 3 is 2.67 bits per heavy atom. The predicted molar refractivity (Wildman–Crippen MR) is 70.4 cm³/mol. The lowest BCUT2D eigenvalue weighted by Crippen LogP contribution is -2.22. The second-order valence-corrected chi connectivity index (χ2v) is 4.15. The molecule has 0 aliphatic heterocycles. The molecule has 2 aromatic heterocycles. The van der Waals surface area contributed by atoms with Gasteiger partial charge in [-0.1, -0.05) is 0 Å². The van der Waals surface area contributed by atoms with Crippen molar-refractivity contribution in [3.63, 3.8) is 0 Å². The van der Waals surface area contributed by atoms with Crippen LogP contribution in [0.25, 0.3) is 5.52 Å². The van der Waals surface area contributed by atoms with Crippen molar-refractivity contribution >= 4 is 17.2 Å². The monoisotopic (exact) mass is 247 g/mol. The number of aryl methyl sites for hydroxylation is 1. The summed E-state index contributed by atoms with van der Waals surface area (Å²) < 4.78 is 1.65. The van der Waals surface area contributed by atoms with Gasteiger partial charge in [-0.25, -0.2) is 9.31 Å². The molecule has 96 valence electrons. The van der Waals surface area contributed by atoms with Gasteiger partial charge in [0.1, 0.15) is 0 Å². The number of fused-ring (bicyclic) bond motifs is 1. The number of aromatic nitrogens is 2. The van der Waals surface area contributed by atoms with Gasteiger partial charge in [0.2, 0.25) is 0 Å². The number of aromatic carboxylic acids is 1. The van der Waals surface area contributed by atoms with E-state index in [1.165, 1.54) is 0 Å². The van der Waals surface area contributed by atoms with Crippen molar-refractivity contribution in [2.45, 2.75) is 20.8 Å². The maximum atomic E-state index is 11.2. The number of hydrogen-bond acceptors (Lipinski definition) is 3. The standard InChI is InChI=1S/C13H17N3O2/c1-4-15(5-2)11-6-7-14-16-8-10(13(17)18)9(3)12(11)16/h6-8H,4-5H2,1-3H3,(H,17,18). The predicted octanol–water partition coefficient (Wildman–Crippen LogP) is 2.19. The molecule has 0 aliphatic rings. The van der Waals surface area contributed by atoms with Crippen LogP contribution in [0.3, 0.4) is 0 Å². The minimum absolute atomic E-state index is 0.308. The largest absolute Gasteiger partial charge is 0.478 e. The fourth-order valence-corrected chi connectivity index (χ4v) is 2.27. The van der Waals surface area contributed by atoms with Gasteiger partial charge in [0, 0.05) is 25.5 Å². The normalized spacial score (nSPS) is 10.8. The molecule has 0 atom stereocenters. The summed E-state index contributed by atoms with van der Waals surface area (Å²) in [5, 5.41) is 13.3. The molecule has 0 unspecified atom stereocenters. The first-order valence-corrected chi connectivity index (χ1v) is 6.05. The zero-order valence-corrected chi connectivity index (χ0v) is 10.8. The average molecular weight is 247 g/mol. The molecule has 18 heavy (non-hydrogen) atoms. The summed E-state index contributed by atoms with van der Waals surface area (Å²) >= 11 is 0. The van der Waals surface area contributed by atoms with E-state index in [0.29, 0.717) is 5.56 Å². The van der Waals surface area contributed by atoms with Gasteiger partial charge in [-0.15, -0.1) is 0 Å². The van der Waals surface area contributed by atoms with Crippen molar-refractivity contribution in [1.82, 2.24) is 9.61 Å². The number of rotatable bonds is 4. The molecule has 0 radical (unpaired) electrons. The highest BCUT2D eigenvalue weighted by Crippen LogP contribution is 2.27. The van der Waals surface area contributed by atoms with Gasteiger partial charge in [0.05, 0.1) is 16.8 Å². The summed E-state index contributed by atoms with van der Waals surface area (Å²) in [6.07, 6.45) is 3.27. The molecule has 0 aliphatic carbocycles.